The zero-order valence-corrected chi connectivity index (χ0v) is 10.9. The number of thiazole rings is 1. The molecule has 2 fully saturated rings. The molecule has 2 aliphatic rings. The van der Waals surface area contributed by atoms with Crippen LogP contribution in [-0.2, 0) is 16.0 Å². The van der Waals surface area contributed by atoms with Gasteiger partial charge in [0.25, 0.3) is 0 Å². The number of nitrogens with zero attached hydrogens (tertiary/aromatic N) is 2. The van der Waals surface area contributed by atoms with Crippen LogP contribution in [0, 0.1) is 0 Å². The second-order valence-corrected chi connectivity index (χ2v) is 5.75. The van der Waals surface area contributed by atoms with E-state index in [0.29, 0.717) is 18.2 Å². The van der Waals surface area contributed by atoms with Crippen LogP contribution in [0.25, 0.3) is 0 Å². The van der Waals surface area contributed by atoms with Crippen molar-refractivity contribution in [3.63, 3.8) is 0 Å². The Bertz CT molecular complexity index is 343. The first-order chi connectivity index (χ1) is 8.36. The Morgan fingerprint density at radius 1 is 1.47 bits per heavy atom. The van der Waals surface area contributed by atoms with Crippen LogP contribution < -0.4 is 0 Å². The molecule has 0 spiro atoms. The second-order valence-electron chi connectivity index (χ2n) is 4.77. The Labute approximate surface area is 106 Å². The molecule has 2 aliphatic heterocycles. The fourth-order valence-corrected chi connectivity index (χ4v) is 3.50. The first-order valence-electron chi connectivity index (χ1n) is 6.11. The Balaban J connectivity index is 1.71. The van der Waals surface area contributed by atoms with E-state index in [1.54, 1.807) is 11.3 Å². The third kappa shape index (κ3) is 2.38. The maximum absolute atomic E-state index is 5.66. The van der Waals surface area contributed by atoms with E-state index in [0.717, 1.165) is 32.6 Å². The number of aromatic nitrogens is 1. The minimum Gasteiger partial charge on any atom is -0.381 e. The number of piperidine rings is 1. The molecule has 94 valence electrons. The van der Waals surface area contributed by atoms with Gasteiger partial charge in [0.15, 0.2) is 0 Å². The lowest BCUT2D eigenvalue weighted by Gasteiger charge is -2.47. The minimum absolute atomic E-state index is 0.404. The van der Waals surface area contributed by atoms with Gasteiger partial charge in [-0.25, -0.2) is 4.98 Å². The lowest BCUT2D eigenvalue weighted by atomic mass is 9.92. The van der Waals surface area contributed by atoms with Crippen molar-refractivity contribution in [3.8, 4) is 0 Å². The monoisotopic (exact) mass is 254 g/mol. The number of ether oxygens (including phenoxy) is 2. The van der Waals surface area contributed by atoms with Crippen LogP contribution in [0.4, 0.5) is 0 Å². The SMILES string of the molecule is COC1C[C@H]2COC[C@@H](C1)N2Cc1nccs1. The molecular weight excluding hydrogens is 236 g/mol. The number of hydrogen-bond donors (Lipinski definition) is 0. The standard InChI is InChI=1S/C12H18N2O2S/c1-15-11-4-9-7-16-8-10(5-11)14(9)6-12-13-2-3-17-12/h2-3,9-11H,4-8H2,1H3/t9-,10+,11?. The molecule has 3 heterocycles. The summed E-state index contributed by atoms with van der Waals surface area (Å²) >= 11 is 1.74. The highest BCUT2D eigenvalue weighted by atomic mass is 32.1. The van der Waals surface area contributed by atoms with Gasteiger partial charge in [-0.05, 0) is 12.8 Å². The van der Waals surface area contributed by atoms with Gasteiger partial charge in [0.2, 0.25) is 0 Å². The third-order valence-corrected chi connectivity index (χ3v) is 4.53. The molecule has 1 unspecified atom stereocenters. The summed E-state index contributed by atoms with van der Waals surface area (Å²) in [5, 5.41) is 3.25. The topological polar surface area (TPSA) is 34.6 Å². The minimum atomic E-state index is 0.404. The lowest BCUT2D eigenvalue weighted by Crippen LogP contribution is -2.57. The van der Waals surface area contributed by atoms with E-state index in [4.69, 9.17) is 9.47 Å². The Hall–Kier alpha value is -0.490. The zero-order valence-electron chi connectivity index (χ0n) is 10.0. The molecule has 1 aromatic heterocycles. The van der Waals surface area contributed by atoms with Crippen LogP contribution in [0.3, 0.4) is 0 Å². The molecule has 0 saturated carbocycles. The van der Waals surface area contributed by atoms with Gasteiger partial charge in [0, 0.05) is 30.8 Å². The molecule has 0 N–H and O–H groups in total. The van der Waals surface area contributed by atoms with Crippen molar-refractivity contribution in [2.75, 3.05) is 20.3 Å². The molecule has 1 aromatic rings. The largest absolute Gasteiger partial charge is 0.381 e. The maximum atomic E-state index is 5.66. The van der Waals surface area contributed by atoms with Crippen molar-refractivity contribution in [1.82, 2.24) is 9.88 Å². The molecule has 4 nitrogen and oxygen atoms in total. The van der Waals surface area contributed by atoms with Gasteiger partial charge in [-0.3, -0.25) is 4.90 Å². The van der Waals surface area contributed by atoms with E-state index < -0.39 is 0 Å². The number of hydrogen-bond acceptors (Lipinski definition) is 5. The number of methoxy groups -OCH3 is 1. The van der Waals surface area contributed by atoms with E-state index in [9.17, 15) is 0 Å². The number of rotatable bonds is 3. The van der Waals surface area contributed by atoms with Crippen LogP contribution >= 0.6 is 11.3 Å². The molecule has 0 aliphatic carbocycles. The van der Waals surface area contributed by atoms with E-state index in [1.165, 1.54) is 5.01 Å². The van der Waals surface area contributed by atoms with Gasteiger partial charge >= 0.3 is 0 Å². The van der Waals surface area contributed by atoms with Crippen LogP contribution in [0.5, 0.6) is 0 Å². The van der Waals surface area contributed by atoms with Gasteiger partial charge in [0.1, 0.15) is 5.01 Å². The molecule has 3 rings (SSSR count). The smallest absolute Gasteiger partial charge is 0.107 e. The molecule has 2 saturated heterocycles. The number of morpholine rings is 1. The van der Waals surface area contributed by atoms with Crippen molar-refractivity contribution >= 4 is 11.3 Å². The molecule has 17 heavy (non-hydrogen) atoms. The summed E-state index contributed by atoms with van der Waals surface area (Å²) in [4.78, 5) is 6.94. The molecule has 3 atom stereocenters. The van der Waals surface area contributed by atoms with Crippen molar-refractivity contribution in [2.45, 2.75) is 37.6 Å². The average molecular weight is 254 g/mol. The summed E-state index contributed by atoms with van der Waals surface area (Å²) in [5.74, 6) is 0. The van der Waals surface area contributed by atoms with Crippen LogP contribution in [0.2, 0.25) is 0 Å². The molecule has 0 aromatic carbocycles. The molecule has 0 amide bonds. The maximum Gasteiger partial charge on any atom is 0.107 e. The molecule has 5 heteroatoms. The van der Waals surface area contributed by atoms with Gasteiger partial charge in [-0.1, -0.05) is 0 Å². The normalized spacial score (nSPS) is 33.8. The summed E-state index contributed by atoms with van der Waals surface area (Å²) in [5.41, 5.74) is 0. The average Bonchev–Trinajstić information content (AvgIpc) is 2.81. The second kappa shape index (κ2) is 5.02. The highest BCUT2D eigenvalue weighted by molar-refractivity contribution is 7.09. The fraction of sp³-hybridized carbons (Fsp3) is 0.750. The van der Waals surface area contributed by atoms with Gasteiger partial charge < -0.3 is 9.47 Å². The van der Waals surface area contributed by atoms with Crippen molar-refractivity contribution in [1.29, 1.82) is 0 Å². The van der Waals surface area contributed by atoms with Gasteiger partial charge in [0.05, 0.1) is 25.9 Å². The van der Waals surface area contributed by atoms with Crippen LogP contribution in [0.15, 0.2) is 11.6 Å². The molecule has 0 radical (unpaired) electrons. The summed E-state index contributed by atoms with van der Waals surface area (Å²) < 4.78 is 11.2. The summed E-state index contributed by atoms with van der Waals surface area (Å²) in [6.07, 6.45) is 4.45. The molecule has 2 bridgehead atoms. The summed E-state index contributed by atoms with van der Waals surface area (Å²) in [7, 11) is 1.82. The summed E-state index contributed by atoms with van der Waals surface area (Å²) in [6, 6.07) is 0.993. The summed E-state index contributed by atoms with van der Waals surface area (Å²) in [6.45, 7) is 2.64. The van der Waals surface area contributed by atoms with Crippen molar-refractivity contribution in [3.05, 3.63) is 16.6 Å². The van der Waals surface area contributed by atoms with Gasteiger partial charge in [-0.2, -0.15) is 0 Å². The Morgan fingerprint density at radius 2 is 2.24 bits per heavy atom. The third-order valence-electron chi connectivity index (χ3n) is 3.76. The Kier molecular flexibility index (Phi) is 3.42. The first kappa shape index (κ1) is 11.6. The van der Waals surface area contributed by atoms with E-state index in [1.807, 2.05) is 18.7 Å². The first-order valence-corrected chi connectivity index (χ1v) is 6.99. The number of fused-ring (bicyclic) bond motifs is 2. The van der Waals surface area contributed by atoms with E-state index in [2.05, 4.69) is 9.88 Å². The van der Waals surface area contributed by atoms with Crippen molar-refractivity contribution < 1.29 is 9.47 Å². The van der Waals surface area contributed by atoms with Crippen LogP contribution in [0.1, 0.15) is 17.8 Å². The van der Waals surface area contributed by atoms with E-state index in [-0.39, 0.29) is 0 Å². The zero-order chi connectivity index (χ0) is 11.7. The lowest BCUT2D eigenvalue weighted by molar-refractivity contribution is -0.115. The van der Waals surface area contributed by atoms with Crippen molar-refractivity contribution in [2.24, 2.45) is 0 Å². The van der Waals surface area contributed by atoms with Gasteiger partial charge in [-0.15, -0.1) is 11.3 Å². The fourth-order valence-electron chi connectivity index (χ4n) is 2.88. The highest BCUT2D eigenvalue weighted by Gasteiger charge is 2.39. The molecular formula is C12H18N2O2S. The van der Waals surface area contributed by atoms with Crippen LogP contribution in [-0.4, -0.2) is 48.4 Å². The Morgan fingerprint density at radius 3 is 2.82 bits per heavy atom. The predicted molar refractivity (Wildman–Crippen MR) is 66.1 cm³/mol. The van der Waals surface area contributed by atoms with E-state index >= 15 is 0 Å². The predicted octanol–water partition coefficient (Wildman–Crippen LogP) is 1.52. The highest BCUT2D eigenvalue weighted by Crippen LogP contribution is 2.30. The quantitative estimate of drug-likeness (QED) is 0.819.